The van der Waals surface area contributed by atoms with E-state index >= 15 is 0 Å². The Balaban J connectivity index is 3.75. The van der Waals surface area contributed by atoms with Gasteiger partial charge >= 0.3 is 41.8 Å². The molecule has 0 aliphatic rings. The smallest absolute Gasteiger partial charge is 0.344 e. The highest BCUT2D eigenvalue weighted by molar-refractivity contribution is 5.82. The van der Waals surface area contributed by atoms with E-state index in [1.807, 2.05) is 0 Å². The molecular formula is C18H25NO14. The van der Waals surface area contributed by atoms with Crippen LogP contribution in [0.1, 0.15) is 13.8 Å². The lowest BCUT2D eigenvalue weighted by Gasteiger charge is -2.08. The molecule has 0 unspecified atom stereocenters. The Kier molecular flexibility index (Phi) is 15.9. The van der Waals surface area contributed by atoms with Crippen LogP contribution in [0, 0.1) is 0 Å². The third kappa shape index (κ3) is 19.9. The quantitative estimate of drug-likeness (QED) is 0.137. The van der Waals surface area contributed by atoms with Gasteiger partial charge in [0.25, 0.3) is 0 Å². The van der Waals surface area contributed by atoms with Gasteiger partial charge in [-0.05, 0) is 0 Å². The lowest BCUT2D eigenvalue weighted by Crippen LogP contribution is -2.27. The van der Waals surface area contributed by atoms with Crippen molar-refractivity contribution in [2.24, 2.45) is 0 Å². The number of ether oxygens (including phenoxy) is 7. The number of carbonyl (C=O) groups excluding carboxylic acids is 7. The third-order valence-corrected chi connectivity index (χ3v) is 2.92. The Morgan fingerprint density at radius 2 is 0.758 bits per heavy atom. The first-order valence-electron chi connectivity index (χ1n) is 9.35. The van der Waals surface area contributed by atoms with Gasteiger partial charge in [0.05, 0.1) is 0 Å². The summed E-state index contributed by atoms with van der Waals surface area (Å²) in [6, 6.07) is 0. The fourth-order valence-corrected chi connectivity index (χ4v) is 1.56. The van der Waals surface area contributed by atoms with E-state index in [0.717, 1.165) is 6.92 Å². The second kappa shape index (κ2) is 17.9. The van der Waals surface area contributed by atoms with Gasteiger partial charge in [0, 0.05) is 26.9 Å². The highest BCUT2D eigenvalue weighted by Crippen LogP contribution is 1.90. The summed E-state index contributed by atoms with van der Waals surface area (Å²) in [5.74, 6) is -6.20. The normalized spacial score (nSPS) is 9.76. The molecule has 0 amide bonds. The minimum absolute atomic E-state index is 0.0180. The van der Waals surface area contributed by atoms with Crippen LogP contribution in [0.4, 0.5) is 0 Å². The topological polar surface area (TPSA) is 196 Å². The van der Waals surface area contributed by atoms with Gasteiger partial charge in [-0.3, -0.25) is 9.59 Å². The molecule has 0 aromatic rings. The second-order valence-corrected chi connectivity index (χ2v) is 5.73. The molecule has 0 aromatic heterocycles. The van der Waals surface area contributed by atoms with Gasteiger partial charge in [-0.2, -0.15) is 0 Å². The monoisotopic (exact) mass is 479 g/mol. The van der Waals surface area contributed by atoms with Gasteiger partial charge < -0.3 is 38.5 Å². The molecule has 186 valence electrons. The fourth-order valence-electron chi connectivity index (χ4n) is 1.56. The van der Waals surface area contributed by atoms with Crippen LogP contribution in [0.2, 0.25) is 0 Å². The molecule has 15 nitrogen and oxygen atoms in total. The van der Waals surface area contributed by atoms with Gasteiger partial charge in [0.15, 0.2) is 33.0 Å². The largest absolute Gasteiger partial charge is 0.465 e. The maximum absolute atomic E-state index is 11.4. The predicted octanol–water partition coefficient (Wildman–Crippen LogP) is -2.58. The number of nitrogens with one attached hydrogen (secondary N) is 1. The average molecular weight is 479 g/mol. The number of esters is 7. The Hall–Kier alpha value is -3.75. The van der Waals surface area contributed by atoms with Crippen molar-refractivity contribution in [2.75, 3.05) is 59.3 Å². The molecule has 0 radical (unpaired) electrons. The van der Waals surface area contributed by atoms with Crippen molar-refractivity contribution in [3.8, 4) is 0 Å². The Morgan fingerprint density at radius 1 is 0.455 bits per heavy atom. The van der Waals surface area contributed by atoms with Crippen LogP contribution in [0.15, 0.2) is 0 Å². The average Bonchev–Trinajstić information content (AvgIpc) is 2.76. The second-order valence-electron chi connectivity index (χ2n) is 5.73. The standard InChI is InChI=1S/C18H25NO14/c1-12(20)27-5-3-19-4-6-28-14(22)8-30-16(24)10-32-18(26)11-33-17(25)9-31-15(23)7-29-13(2)21/h19H,3-11H2,1-2H3. The van der Waals surface area contributed by atoms with Crippen molar-refractivity contribution < 1.29 is 66.7 Å². The van der Waals surface area contributed by atoms with Crippen LogP contribution in [-0.4, -0.2) is 101 Å². The Bertz CT molecular complexity index is 704. The maximum Gasteiger partial charge on any atom is 0.344 e. The maximum atomic E-state index is 11.4. The molecule has 0 heterocycles. The summed E-state index contributed by atoms with van der Waals surface area (Å²) in [6.45, 7) is -0.800. The predicted molar refractivity (Wildman–Crippen MR) is 101 cm³/mol. The fraction of sp³-hybridized carbons (Fsp3) is 0.611. The van der Waals surface area contributed by atoms with Crippen molar-refractivity contribution in [3.05, 3.63) is 0 Å². The van der Waals surface area contributed by atoms with Crippen LogP contribution in [-0.2, 0) is 66.7 Å². The molecule has 15 heteroatoms. The summed E-state index contributed by atoms with van der Waals surface area (Å²) in [7, 11) is 0. The van der Waals surface area contributed by atoms with Crippen LogP contribution in [0.25, 0.3) is 0 Å². The molecule has 0 saturated heterocycles. The minimum Gasteiger partial charge on any atom is -0.465 e. The Labute approximate surface area is 187 Å². The summed E-state index contributed by atoms with van der Waals surface area (Å²) in [4.78, 5) is 77.7. The zero-order valence-electron chi connectivity index (χ0n) is 18.1. The summed E-state index contributed by atoms with van der Waals surface area (Å²) >= 11 is 0. The number of carbonyl (C=O) groups is 7. The molecule has 0 bridgehead atoms. The summed E-state index contributed by atoms with van der Waals surface area (Å²) in [5, 5.41) is 2.84. The first-order valence-corrected chi connectivity index (χ1v) is 9.35. The van der Waals surface area contributed by atoms with E-state index in [4.69, 9.17) is 4.74 Å². The zero-order valence-corrected chi connectivity index (χ0v) is 18.1. The molecule has 0 rings (SSSR count). The third-order valence-electron chi connectivity index (χ3n) is 2.92. The highest BCUT2D eigenvalue weighted by Gasteiger charge is 2.15. The van der Waals surface area contributed by atoms with E-state index in [1.165, 1.54) is 6.92 Å². The number of hydrogen-bond donors (Lipinski definition) is 1. The van der Waals surface area contributed by atoms with Crippen molar-refractivity contribution in [1.82, 2.24) is 5.32 Å². The molecular weight excluding hydrogens is 454 g/mol. The first kappa shape index (κ1) is 29.2. The van der Waals surface area contributed by atoms with Crippen molar-refractivity contribution in [1.29, 1.82) is 0 Å². The molecule has 0 aliphatic carbocycles. The number of rotatable bonds is 16. The first-order chi connectivity index (χ1) is 15.6. The van der Waals surface area contributed by atoms with Crippen molar-refractivity contribution in [3.63, 3.8) is 0 Å². The molecule has 0 aliphatic heterocycles. The molecule has 0 spiro atoms. The SMILES string of the molecule is CC(=O)OCCNCCOC(=O)COC(=O)COC(=O)COC(=O)COC(=O)COC(C)=O. The Morgan fingerprint density at radius 3 is 1.12 bits per heavy atom. The van der Waals surface area contributed by atoms with Crippen LogP contribution in [0.3, 0.4) is 0 Å². The van der Waals surface area contributed by atoms with E-state index in [-0.39, 0.29) is 19.8 Å². The van der Waals surface area contributed by atoms with Gasteiger partial charge in [-0.15, -0.1) is 0 Å². The van der Waals surface area contributed by atoms with Crippen molar-refractivity contribution in [2.45, 2.75) is 13.8 Å². The molecule has 0 saturated carbocycles. The van der Waals surface area contributed by atoms with E-state index in [0.29, 0.717) is 6.54 Å². The van der Waals surface area contributed by atoms with Gasteiger partial charge in [0.1, 0.15) is 13.2 Å². The minimum atomic E-state index is -1.10. The molecule has 33 heavy (non-hydrogen) atoms. The van der Waals surface area contributed by atoms with Crippen LogP contribution in [0.5, 0.6) is 0 Å². The summed E-state index contributed by atoms with van der Waals surface area (Å²) in [6.07, 6.45) is 0. The lowest BCUT2D eigenvalue weighted by molar-refractivity contribution is -0.171. The van der Waals surface area contributed by atoms with Gasteiger partial charge in [-0.25, -0.2) is 24.0 Å². The van der Waals surface area contributed by atoms with Crippen molar-refractivity contribution >= 4 is 41.8 Å². The zero-order chi connectivity index (χ0) is 25.1. The lowest BCUT2D eigenvalue weighted by atomic mass is 10.6. The van der Waals surface area contributed by atoms with E-state index in [9.17, 15) is 33.6 Å². The van der Waals surface area contributed by atoms with E-state index in [1.54, 1.807) is 0 Å². The van der Waals surface area contributed by atoms with Crippen LogP contribution >= 0.6 is 0 Å². The van der Waals surface area contributed by atoms with Gasteiger partial charge in [0.2, 0.25) is 0 Å². The van der Waals surface area contributed by atoms with E-state index < -0.39 is 74.8 Å². The molecule has 0 aromatic carbocycles. The van der Waals surface area contributed by atoms with E-state index in [2.05, 4.69) is 33.7 Å². The summed E-state index contributed by atoms with van der Waals surface area (Å²) < 4.78 is 31.7. The molecule has 0 fully saturated rings. The van der Waals surface area contributed by atoms with Crippen LogP contribution < -0.4 is 5.32 Å². The summed E-state index contributed by atoms with van der Waals surface area (Å²) in [5.41, 5.74) is 0. The molecule has 0 atom stereocenters. The number of hydrogen-bond acceptors (Lipinski definition) is 15. The highest BCUT2D eigenvalue weighted by atomic mass is 16.6. The molecule has 1 N–H and O–H groups in total. The van der Waals surface area contributed by atoms with Gasteiger partial charge in [-0.1, -0.05) is 0 Å².